The van der Waals surface area contributed by atoms with Crippen LogP contribution in [0, 0.1) is 0 Å². The van der Waals surface area contributed by atoms with Crippen molar-refractivity contribution in [2.24, 2.45) is 0 Å². The topological polar surface area (TPSA) is 116 Å². The molecular formula is C31H30NO8PS. The van der Waals surface area contributed by atoms with E-state index in [1.54, 1.807) is 6.92 Å². The number of ether oxygens (including phenoxy) is 3. The minimum absolute atomic E-state index is 0.0294. The van der Waals surface area contributed by atoms with E-state index in [-0.39, 0.29) is 24.4 Å². The zero-order valence-electron chi connectivity index (χ0n) is 23.1. The van der Waals surface area contributed by atoms with Gasteiger partial charge in [-0.05, 0) is 22.8 Å². The fraction of sp³-hybridized carbons (Fsp3) is 0.226. The number of carbonyl (C=O) groups is 5. The average molecular weight is 608 g/mol. The van der Waals surface area contributed by atoms with Crippen molar-refractivity contribution in [3.05, 3.63) is 91.0 Å². The maximum atomic E-state index is 14.2. The number of amides is 1. The molecular weight excluding hydrogens is 577 g/mol. The van der Waals surface area contributed by atoms with Crippen LogP contribution >= 0.6 is 18.6 Å². The van der Waals surface area contributed by atoms with Crippen LogP contribution in [0.5, 0.6) is 0 Å². The Morgan fingerprint density at radius 2 is 1.31 bits per heavy atom. The average Bonchev–Trinajstić information content (AvgIpc) is 2.98. The number of nitrogens with zero attached hydrogens (tertiary/aromatic N) is 1. The Kier molecular flexibility index (Phi) is 10.4. The van der Waals surface area contributed by atoms with Crippen molar-refractivity contribution in [2.75, 3.05) is 13.4 Å². The summed E-state index contributed by atoms with van der Waals surface area (Å²) >= 11 is 0.798. The first-order valence-electron chi connectivity index (χ1n) is 13.2. The van der Waals surface area contributed by atoms with Crippen LogP contribution in [0.2, 0.25) is 0 Å². The van der Waals surface area contributed by atoms with Crippen LogP contribution in [0.25, 0.3) is 0 Å². The molecule has 1 fully saturated rings. The molecule has 1 heterocycles. The Morgan fingerprint density at radius 1 is 0.810 bits per heavy atom. The molecule has 0 unspecified atom stereocenters. The molecule has 3 aromatic rings. The van der Waals surface area contributed by atoms with E-state index in [0.29, 0.717) is 0 Å². The number of esters is 3. The number of carbonyl (C=O) groups excluding carboxylic acids is 5. The number of likely N-dealkylation sites (tertiary alicyclic amines) is 1. The highest BCUT2D eigenvalue weighted by atomic mass is 32.2. The van der Waals surface area contributed by atoms with Crippen molar-refractivity contribution in [3.8, 4) is 0 Å². The second kappa shape index (κ2) is 14.2. The summed E-state index contributed by atoms with van der Waals surface area (Å²) in [5, 5.41) is 1.03. The third-order valence-corrected chi connectivity index (χ3v) is 11.7. The molecule has 1 saturated heterocycles. The second-order valence-corrected chi connectivity index (χ2v) is 13.6. The Bertz CT molecular complexity index is 1410. The standard InChI is InChI=1S/C31H30NO8PS/c1-3-38-28(35)20-29(36)42-27-19-26(34)32(27)30(31(37)40-21-39-22(2)33)41(23-13-7-4-8-14-23,24-15-9-5-10-16-24)25-17-11-6-12-18-25/h4-18,27H,3,19-21H2,1-2H3/t27-/m1/s1. The van der Waals surface area contributed by atoms with Gasteiger partial charge in [0, 0.05) is 13.8 Å². The molecule has 0 radical (unpaired) electrons. The van der Waals surface area contributed by atoms with Crippen molar-refractivity contribution < 1.29 is 38.2 Å². The number of hydrogen-bond acceptors (Lipinski definition) is 9. The third-order valence-electron chi connectivity index (χ3n) is 6.38. The lowest BCUT2D eigenvalue weighted by Gasteiger charge is -2.44. The van der Waals surface area contributed by atoms with E-state index in [4.69, 9.17) is 14.2 Å². The number of hydrogen-bond donors (Lipinski definition) is 0. The van der Waals surface area contributed by atoms with Gasteiger partial charge >= 0.3 is 17.9 Å². The summed E-state index contributed by atoms with van der Waals surface area (Å²) in [6.07, 6.45) is -0.502. The van der Waals surface area contributed by atoms with E-state index < -0.39 is 48.5 Å². The summed E-state index contributed by atoms with van der Waals surface area (Å²) in [6, 6.07) is 28.0. The van der Waals surface area contributed by atoms with Gasteiger partial charge in [-0.2, -0.15) is 0 Å². The minimum Gasteiger partial charge on any atom is -0.466 e. The summed E-state index contributed by atoms with van der Waals surface area (Å²) < 4.78 is 15.3. The number of benzene rings is 3. The summed E-state index contributed by atoms with van der Waals surface area (Å²) in [5.74, 6) is -2.56. The quantitative estimate of drug-likeness (QED) is 0.107. The minimum atomic E-state index is -3.17. The smallest absolute Gasteiger partial charge is 0.358 e. The lowest BCUT2D eigenvalue weighted by atomic mass is 10.2. The van der Waals surface area contributed by atoms with Crippen LogP contribution in [0.4, 0.5) is 0 Å². The predicted octanol–water partition coefficient (Wildman–Crippen LogP) is 2.95. The lowest BCUT2D eigenvalue weighted by Crippen LogP contribution is -2.58. The fourth-order valence-corrected chi connectivity index (χ4v) is 10.2. The molecule has 42 heavy (non-hydrogen) atoms. The summed E-state index contributed by atoms with van der Waals surface area (Å²) in [6.45, 7) is -0.859. The molecule has 0 aliphatic carbocycles. The van der Waals surface area contributed by atoms with E-state index in [1.807, 2.05) is 91.0 Å². The molecule has 0 N–H and O–H groups in total. The van der Waals surface area contributed by atoms with E-state index in [0.717, 1.165) is 27.7 Å². The van der Waals surface area contributed by atoms with Crippen molar-refractivity contribution >= 4 is 68.9 Å². The van der Waals surface area contributed by atoms with Crippen molar-refractivity contribution in [2.45, 2.75) is 32.1 Å². The summed E-state index contributed by atoms with van der Waals surface area (Å²) in [5.41, 5.74) is 0.0379. The highest BCUT2D eigenvalue weighted by Gasteiger charge is 2.48. The molecule has 0 bridgehead atoms. The molecule has 1 aliphatic rings. The molecule has 9 nitrogen and oxygen atoms in total. The molecule has 218 valence electrons. The molecule has 4 rings (SSSR count). The van der Waals surface area contributed by atoms with Crippen molar-refractivity contribution in [1.82, 2.24) is 4.90 Å². The van der Waals surface area contributed by atoms with Gasteiger partial charge in [-0.25, -0.2) is 4.79 Å². The SMILES string of the molecule is CCOC(=O)CC(=O)S[C@@H]1CC(=O)N1C(C(=O)OCOC(C)=O)=P(c1ccccc1)(c1ccccc1)c1ccccc1. The monoisotopic (exact) mass is 607 g/mol. The van der Waals surface area contributed by atoms with Gasteiger partial charge < -0.3 is 14.2 Å². The Labute approximate surface area is 248 Å². The van der Waals surface area contributed by atoms with Gasteiger partial charge in [0.1, 0.15) is 11.8 Å². The Balaban J connectivity index is 2.00. The van der Waals surface area contributed by atoms with Crippen LogP contribution in [0.1, 0.15) is 26.7 Å². The first-order chi connectivity index (χ1) is 20.3. The summed E-state index contributed by atoms with van der Waals surface area (Å²) in [7, 11) is 0. The fourth-order valence-electron chi connectivity index (χ4n) is 4.66. The van der Waals surface area contributed by atoms with Crippen LogP contribution in [-0.2, 0) is 38.2 Å². The number of thioether (sulfide) groups is 1. The van der Waals surface area contributed by atoms with Crippen LogP contribution in [0.3, 0.4) is 0 Å². The van der Waals surface area contributed by atoms with Crippen LogP contribution < -0.4 is 15.9 Å². The maximum Gasteiger partial charge on any atom is 0.358 e. The van der Waals surface area contributed by atoms with Gasteiger partial charge in [-0.3, -0.25) is 24.1 Å². The van der Waals surface area contributed by atoms with Gasteiger partial charge in [0.15, 0.2) is 0 Å². The highest BCUT2D eigenvalue weighted by Crippen LogP contribution is 2.49. The molecule has 1 aliphatic heterocycles. The Morgan fingerprint density at radius 3 is 1.74 bits per heavy atom. The molecule has 0 aromatic heterocycles. The van der Waals surface area contributed by atoms with E-state index in [1.165, 1.54) is 11.8 Å². The third kappa shape index (κ3) is 6.66. The zero-order valence-corrected chi connectivity index (χ0v) is 24.8. The first kappa shape index (κ1) is 30.8. The van der Waals surface area contributed by atoms with Gasteiger partial charge in [0.05, 0.1) is 18.4 Å². The number of rotatable bonds is 11. The van der Waals surface area contributed by atoms with E-state index in [2.05, 4.69) is 0 Å². The van der Waals surface area contributed by atoms with Gasteiger partial charge in [0.2, 0.25) is 17.8 Å². The predicted molar refractivity (Wildman–Crippen MR) is 162 cm³/mol. The van der Waals surface area contributed by atoms with Gasteiger partial charge in [0.25, 0.3) is 0 Å². The van der Waals surface area contributed by atoms with E-state index >= 15 is 0 Å². The summed E-state index contributed by atoms with van der Waals surface area (Å²) in [4.78, 5) is 65.2. The molecule has 11 heteroatoms. The second-order valence-electron chi connectivity index (χ2n) is 9.08. The van der Waals surface area contributed by atoms with Gasteiger partial charge in [-0.1, -0.05) is 103 Å². The van der Waals surface area contributed by atoms with Gasteiger partial charge in [-0.15, -0.1) is 0 Å². The Hall–Kier alpha value is -4.14. The molecule has 1 amide bonds. The zero-order chi connectivity index (χ0) is 30.1. The molecule has 1 atom stereocenters. The molecule has 0 saturated carbocycles. The van der Waals surface area contributed by atoms with E-state index in [9.17, 15) is 24.0 Å². The molecule has 3 aromatic carbocycles. The molecule has 0 spiro atoms. The largest absolute Gasteiger partial charge is 0.466 e. The van der Waals surface area contributed by atoms with Crippen LogP contribution in [-0.4, -0.2) is 58.0 Å². The first-order valence-corrected chi connectivity index (χ1v) is 15.9. The normalized spacial score (nSPS) is 14.4. The van der Waals surface area contributed by atoms with Crippen LogP contribution in [0.15, 0.2) is 91.0 Å². The van der Waals surface area contributed by atoms with Crippen molar-refractivity contribution in [3.63, 3.8) is 0 Å². The maximum absolute atomic E-state index is 14.2. The number of β-lactam (4-membered cyclic amide) rings is 1. The van der Waals surface area contributed by atoms with Crippen molar-refractivity contribution in [1.29, 1.82) is 0 Å². The highest BCUT2D eigenvalue weighted by molar-refractivity contribution is 8.14. The lowest BCUT2D eigenvalue weighted by molar-refractivity contribution is -0.162.